The molecule has 4 aliphatic carbocycles. The highest BCUT2D eigenvalue weighted by Gasteiger charge is 2.83. The third-order valence-electron chi connectivity index (χ3n) is 10.1. The van der Waals surface area contributed by atoms with Crippen LogP contribution in [0.4, 0.5) is 0 Å². The van der Waals surface area contributed by atoms with E-state index in [1.54, 1.807) is 6.92 Å². The summed E-state index contributed by atoms with van der Waals surface area (Å²) in [6.45, 7) is 6.16. The van der Waals surface area contributed by atoms with Crippen LogP contribution in [0.3, 0.4) is 0 Å². The first kappa shape index (κ1) is 19.0. The van der Waals surface area contributed by atoms with Crippen molar-refractivity contribution < 1.29 is 23.9 Å². The molecular weight excluding hydrogens is 382 g/mol. The predicted octanol–water partition coefficient (Wildman–Crippen LogP) is 2.84. The zero-order valence-corrected chi connectivity index (χ0v) is 18.1. The minimum atomic E-state index is -0.382. The number of carbonyl (C=O) groups excluding carboxylic acids is 3. The molecule has 0 aromatic carbocycles. The molecule has 1 amide bonds. The van der Waals surface area contributed by atoms with Crippen molar-refractivity contribution >= 4 is 17.7 Å². The van der Waals surface area contributed by atoms with Crippen molar-refractivity contribution in [3.8, 4) is 0 Å². The SMILES string of the molecule is CC(=O)N[C@@H]1CC2=CC(=O)CC[C@]2(C)[C@@]23O[C@@H]2C[C@@]2(C)C(CC[C@@]24CCC(=O)O4)C13. The fourth-order valence-electron chi connectivity index (χ4n) is 8.71. The number of ether oxygens (including phenoxy) is 2. The highest BCUT2D eigenvalue weighted by atomic mass is 16.6. The average molecular weight is 414 g/mol. The predicted molar refractivity (Wildman–Crippen MR) is 107 cm³/mol. The number of esters is 1. The van der Waals surface area contributed by atoms with Crippen LogP contribution in [0, 0.1) is 22.7 Å². The van der Waals surface area contributed by atoms with Gasteiger partial charge in [-0.3, -0.25) is 14.4 Å². The van der Waals surface area contributed by atoms with Gasteiger partial charge in [0.25, 0.3) is 0 Å². The lowest BCUT2D eigenvalue weighted by molar-refractivity contribution is -0.165. The van der Waals surface area contributed by atoms with Gasteiger partial charge in [0.2, 0.25) is 5.91 Å². The standard InChI is InChI=1S/C24H31NO5/c1-13(26)25-17-11-14-10-15(27)4-7-21(14,2)24-18(29-24)12-22(3)16(20(17)24)5-8-23(22)9-6-19(28)30-23/h10,16-18,20H,4-9,11-12H2,1-3H3,(H,25,26)/t16?,17-,18-,20?,21+,22+,23-,24-/m1/s1. The quantitative estimate of drug-likeness (QED) is 0.528. The summed E-state index contributed by atoms with van der Waals surface area (Å²) in [5.41, 5.74) is 0.165. The number of rotatable bonds is 1. The molecule has 5 fully saturated rings. The maximum atomic E-state index is 12.2. The second-order valence-corrected chi connectivity index (χ2v) is 11.1. The number of hydrogen-bond acceptors (Lipinski definition) is 5. The molecule has 2 spiro atoms. The van der Waals surface area contributed by atoms with Gasteiger partial charge in [-0.15, -0.1) is 0 Å². The van der Waals surface area contributed by atoms with Crippen LogP contribution in [0.5, 0.6) is 0 Å². The molecular formula is C24H31NO5. The van der Waals surface area contributed by atoms with Crippen molar-refractivity contribution in [1.29, 1.82) is 0 Å². The minimum absolute atomic E-state index is 0.0361. The van der Waals surface area contributed by atoms with Crippen LogP contribution >= 0.6 is 0 Å². The van der Waals surface area contributed by atoms with E-state index < -0.39 is 0 Å². The summed E-state index contributed by atoms with van der Waals surface area (Å²) in [6.07, 6.45) is 8.13. The molecule has 3 saturated carbocycles. The van der Waals surface area contributed by atoms with Crippen LogP contribution in [-0.4, -0.2) is 41.0 Å². The minimum Gasteiger partial charge on any atom is -0.458 e. The van der Waals surface area contributed by atoms with E-state index in [2.05, 4.69) is 19.2 Å². The number of carbonyl (C=O) groups is 3. The number of hydrogen-bond donors (Lipinski definition) is 1. The molecule has 2 aliphatic heterocycles. The zero-order chi connectivity index (χ0) is 21.1. The molecule has 1 N–H and O–H groups in total. The van der Waals surface area contributed by atoms with Crippen LogP contribution in [-0.2, 0) is 23.9 Å². The van der Waals surface area contributed by atoms with E-state index in [1.807, 2.05) is 6.08 Å². The number of epoxide rings is 1. The Morgan fingerprint density at radius 2 is 1.97 bits per heavy atom. The Hall–Kier alpha value is -1.69. The monoisotopic (exact) mass is 413 g/mol. The van der Waals surface area contributed by atoms with Crippen molar-refractivity contribution in [2.24, 2.45) is 22.7 Å². The molecule has 0 aromatic rings. The molecule has 2 saturated heterocycles. The smallest absolute Gasteiger partial charge is 0.306 e. The fourth-order valence-corrected chi connectivity index (χ4v) is 8.71. The summed E-state index contributed by atoms with van der Waals surface area (Å²) >= 11 is 0. The highest BCUT2D eigenvalue weighted by Crippen LogP contribution is 2.77. The summed E-state index contributed by atoms with van der Waals surface area (Å²) in [6, 6.07) is -0.0467. The van der Waals surface area contributed by atoms with E-state index in [4.69, 9.17) is 9.47 Å². The normalized spacial score (nSPS) is 53.2. The Bertz CT molecular complexity index is 911. The van der Waals surface area contributed by atoms with Crippen molar-refractivity contribution in [3.05, 3.63) is 11.6 Å². The van der Waals surface area contributed by atoms with E-state index in [1.165, 1.54) is 0 Å². The fraction of sp³-hybridized carbons (Fsp3) is 0.792. The average Bonchev–Trinajstić information content (AvgIpc) is 3.15. The molecule has 8 atom stereocenters. The van der Waals surface area contributed by atoms with Gasteiger partial charge in [0.15, 0.2) is 5.78 Å². The van der Waals surface area contributed by atoms with Gasteiger partial charge in [0.1, 0.15) is 11.2 Å². The summed E-state index contributed by atoms with van der Waals surface area (Å²) < 4.78 is 12.7. The van der Waals surface area contributed by atoms with Gasteiger partial charge in [0.05, 0.1) is 6.10 Å². The lowest BCUT2D eigenvalue weighted by atomic mass is 9.45. The Labute approximate surface area is 177 Å². The molecule has 0 aromatic heterocycles. The molecule has 0 radical (unpaired) electrons. The van der Waals surface area contributed by atoms with E-state index in [0.29, 0.717) is 25.2 Å². The third-order valence-corrected chi connectivity index (χ3v) is 10.1. The molecule has 6 nitrogen and oxygen atoms in total. The van der Waals surface area contributed by atoms with Crippen LogP contribution in [0.1, 0.15) is 72.1 Å². The van der Waals surface area contributed by atoms with Gasteiger partial charge in [-0.25, -0.2) is 0 Å². The Morgan fingerprint density at radius 3 is 2.67 bits per heavy atom. The molecule has 30 heavy (non-hydrogen) atoms. The molecule has 162 valence electrons. The van der Waals surface area contributed by atoms with Crippen LogP contribution in [0.25, 0.3) is 0 Å². The number of amides is 1. The van der Waals surface area contributed by atoms with Crippen molar-refractivity contribution in [2.75, 3.05) is 0 Å². The molecule has 2 unspecified atom stereocenters. The van der Waals surface area contributed by atoms with Crippen LogP contribution in [0.2, 0.25) is 0 Å². The van der Waals surface area contributed by atoms with Crippen molar-refractivity contribution in [1.82, 2.24) is 5.32 Å². The van der Waals surface area contributed by atoms with Crippen molar-refractivity contribution in [3.63, 3.8) is 0 Å². The topological polar surface area (TPSA) is 85.0 Å². The van der Waals surface area contributed by atoms with Gasteiger partial charge in [-0.1, -0.05) is 19.4 Å². The van der Waals surface area contributed by atoms with E-state index in [-0.39, 0.29) is 57.8 Å². The highest BCUT2D eigenvalue weighted by molar-refractivity contribution is 5.92. The first-order chi connectivity index (χ1) is 14.2. The Kier molecular flexibility index (Phi) is 3.53. The largest absolute Gasteiger partial charge is 0.458 e. The van der Waals surface area contributed by atoms with Crippen LogP contribution in [0.15, 0.2) is 11.6 Å². The third kappa shape index (κ3) is 2.02. The Balaban J connectivity index is 1.47. The van der Waals surface area contributed by atoms with Crippen LogP contribution < -0.4 is 5.32 Å². The van der Waals surface area contributed by atoms with E-state index in [9.17, 15) is 14.4 Å². The second-order valence-electron chi connectivity index (χ2n) is 11.1. The Morgan fingerprint density at radius 1 is 1.17 bits per heavy atom. The van der Waals surface area contributed by atoms with Gasteiger partial charge >= 0.3 is 5.97 Å². The number of nitrogens with one attached hydrogen (secondary N) is 1. The lowest BCUT2D eigenvalue weighted by Crippen LogP contribution is -2.66. The summed E-state index contributed by atoms with van der Waals surface area (Å²) in [5, 5.41) is 3.24. The molecule has 6 rings (SSSR count). The molecule has 6 heteroatoms. The summed E-state index contributed by atoms with van der Waals surface area (Å²) in [5.74, 6) is 0.588. The summed E-state index contributed by atoms with van der Waals surface area (Å²) in [4.78, 5) is 36.5. The zero-order valence-electron chi connectivity index (χ0n) is 18.1. The second kappa shape index (κ2) is 5.56. The van der Waals surface area contributed by atoms with Gasteiger partial charge < -0.3 is 14.8 Å². The molecule has 2 heterocycles. The number of fused-ring (bicyclic) bond motifs is 4. The first-order valence-electron chi connectivity index (χ1n) is 11.6. The number of ketones is 1. The van der Waals surface area contributed by atoms with E-state index in [0.717, 1.165) is 37.7 Å². The first-order valence-corrected chi connectivity index (χ1v) is 11.6. The molecule has 6 aliphatic rings. The van der Waals surface area contributed by atoms with E-state index >= 15 is 0 Å². The van der Waals surface area contributed by atoms with Gasteiger partial charge in [-0.2, -0.15) is 0 Å². The molecule has 0 bridgehead atoms. The maximum Gasteiger partial charge on any atom is 0.306 e. The maximum absolute atomic E-state index is 12.2. The van der Waals surface area contributed by atoms with Gasteiger partial charge in [0, 0.05) is 42.6 Å². The van der Waals surface area contributed by atoms with Gasteiger partial charge in [-0.05, 0) is 50.5 Å². The summed E-state index contributed by atoms with van der Waals surface area (Å²) in [7, 11) is 0. The van der Waals surface area contributed by atoms with Crippen molar-refractivity contribution in [2.45, 2.75) is 95.5 Å². The lowest BCUT2D eigenvalue weighted by Gasteiger charge is -2.59.